The first-order valence-corrected chi connectivity index (χ1v) is 14.3. The number of nitrogens with one attached hydrogen (secondary N) is 2. The highest BCUT2D eigenvalue weighted by atomic mass is 32.1. The van der Waals surface area contributed by atoms with Crippen molar-refractivity contribution >= 4 is 44.4 Å². The lowest BCUT2D eigenvalue weighted by Gasteiger charge is -2.31. The monoisotopic (exact) mass is 662 g/mol. The van der Waals surface area contributed by atoms with E-state index in [9.17, 15) is 37.1 Å². The predicted octanol–water partition coefficient (Wildman–Crippen LogP) is 2.07. The van der Waals surface area contributed by atoms with Gasteiger partial charge in [0.15, 0.2) is 5.13 Å². The number of carbonyl (C=O) groups excluding carboxylic acids is 3. The first kappa shape index (κ1) is 32.7. The standard InChI is InChI=1S/C29H26F4N6O6S/c1-27(25(35)43)12-45-22-16(27)9-20(38-21(22)13-2-5-15(30)6-3-13)28(44,29(31,32)33)11-36-23(41)14-4-7-18-19(8-14)46-26(37-18)39-24(42)17(34)10-40/h2-9,17,40,44H,10-12,34H2,1H3,(H2,35,43)(H,36,41)(H,37,39,42)/t17-,27-,28?/m0/s1. The number of nitrogens with zero attached hydrogens (tertiary/aromatic N) is 2. The van der Waals surface area contributed by atoms with Gasteiger partial charge in [-0.15, -0.1) is 0 Å². The lowest BCUT2D eigenvalue weighted by atomic mass is 9.81. The van der Waals surface area contributed by atoms with Crippen LogP contribution in [-0.2, 0) is 20.6 Å². The molecular formula is C29H26F4N6O6S. The summed E-state index contributed by atoms with van der Waals surface area (Å²) in [5, 5.41) is 24.9. The van der Waals surface area contributed by atoms with Gasteiger partial charge in [0, 0.05) is 16.7 Å². The molecule has 8 N–H and O–H groups in total. The second-order valence-corrected chi connectivity index (χ2v) is 11.8. The molecule has 0 aliphatic carbocycles. The Balaban J connectivity index is 1.49. The van der Waals surface area contributed by atoms with E-state index < -0.39 is 65.6 Å². The van der Waals surface area contributed by atoms with E-state index in [-0.39, 0.29) is 39.9 Å². The molecule has 0 fully saturated rings. The summed E-state index contributed by atoms with van der Waals surface area (Å²) in [5.41, 5.74) is 4.85. The van der Waals surface area contributed by atoms with E-state index in [1.54, 1.807) is 0 Å². The zero-order valence-corrected chi connectivity index (χ0v) is 24.6. The molecule has 5 rings (SSSR count). The summed E-state index contributed by atoms with van der Waals surface area (Å²) >= 11 is 0.951. The van der Waals surface area contributed by atoms with Gasteiger partial charge in [-0.3, -0.25) is 14.4 Å². The molecular weight excluding hydrogens is 636 g/mol. The molecule has 0 bridgehead atoms. The Labute approximate surface area is 261 Å². The van der Waals surface area contributed by atoms with Crippen LogP contribution in [0.4, 0.5) is 22.7 Å². The molecule has 46 heavy (non-hydrogen) atoms. The smallest absolute Gasteiger partial charge is 0.424 e. The summed E-state index contributed by atoms with van der Waals surface area (Å²) in [5.74, 6) is -3.28. The van der Waals surface area contributed by atoms with Crippen molar-refractivity contribution in [2.75, 3.05) is 25.1 Å². The minimum absolute atomic E-state index is 0.0584. The van der Waals surface area contributed by atoms with Gasteiger partial charge in [0.05, 0.1) is 29.1 Å². The summed E-state index contributed by atoms with van der Waals surface area (Å²) < 4.78 is 63.6. The van der Waals surface area contributed by atoms with Gasteiger partial charge < -0.3 is 37.1 Å². The molecule has 3 heterocycles. The van der Waals surface area contributed by atoms with Crippen molar-refractivity contribution in [1.29, 1.82) is 0 Å². The summed E-state index contributed by atoms with van der Waals surface area (Å²) in [4.78, 5) is 45.6. The molecule has 4 aromatic rings. The van der Waals surface area contributed by atoms with Crippen LogP contribution in [0.1, 0.15) is 28.5 Å². The zero-order chi connectivity index (χ0) is 33.6. The molecule has 12 nitrogen and oxygen atoms in total. The third-order valence-corrected chi connectivity index (χ3v) is 8.48. The Kier molecular flexibility index (Phi) is 8.45. The third kappa shape index (κ3) is 5.84. The number of hydrogen-bond donors (Lipinski definition) is 6. The Morgan fingerprint density at radius 2 is 1.83 bits per heavy atom. The van der Waals surface area contributed by atoms with Crippen molar-refractivity contribution in [2.45, 2.75) is 30.2 Å². The summed E-state index contributed by atoms with van der Waals surface area (Å²) in [6.07, 6.45) is -5.39. The molecule has 2 aromatic heterocycles. The number of hydrogen-bond acceptors (Lipinski definition) is 10. The van der Waals surface area contributed by atoms with Gasteiger partial charge in [-0.1, -0.05) is 11.3 Å². The maximum atomic E-state index is 14.7. The van der Waals surface area contributed by atoms with Crippen LogP contribution in [0.15, 0.2) is 48.5 Å². The normalized spacial score (nSPS) is 17.9. The predicted molar refractivity (Wildman–Crippen MR) is 157 cm³/mol. The van der Waals surface area contributed by atoms with Crippen molar-refractivity contribution in [1.82, 2.24) is 15.3 Å². The Hall–Kier alpha value is -4.71. The largest absolute Gasteiger partial charge is 0.489 e. The van der Waals surface area contributed by atoms with Gasteiger partial charge >= 0.3 is 6.18 Å². The number of benzene rings is 2. The number of pyridine rings is 1. The summed E-state index contributed by atoms with van der Waals surface area (Å²) in [6.45, 7) is -0.948. The fourth-order valence-electron chi connectivity index (χ4n) is 4.65. The Bertz CT molecular complexity index is 1850. The minimum Gasteiger partial charge on any atom is -0.489 e. The van der Waals surface area contributed by atoms with Crippen molar-refractivity contribution in [3.8, 4) is 17.0 Å². The number of rotatable bonds is 9. The number of carbonyl (C=O) groups is 3. The molecule has 242 valence electrons. The number of nitrogens with two attached hydrogens (primary N) is 2. The third-order valence-electron chi connectivity index (χ3n) is 7.55. The van der Waals surface area contributed by atoms with Crippen LogP contribution in [0.25, 0.3) is 21.5 Å². The van der Waals surface area contributed by atoms with Crippen molar-refractivity contribution in [3.05, 3.63) is 71.2 Å². The average Bonchev–Trinajstić information content (AvgIpc) is 3.58. The second-order valence-electron chi connectivity index (χ2n) is 10.7. The SMILES string of the molecule is C[C@]1(C(N)=O)COc2c1cc(C(O)(CNC(=O)c1ccc3nc(NC(=O)[C@@H](N)CO)sc3c1)C(F)(F)F)nc2-c1ccc(F)cc1. The van der Waals surface area contributed by atoms with E-state index in [0.29, 0.717) is 10.2 Å². The minimum atomic E-state index is -5.39. The maximum Gasteiger partial charge on any atom is 0.424 e. The fraction of sp³-hybridized carbons (Fsp3) is 0.276. The maximum absolute atomic E-state index is 14.7. The topological polar surface area (TPSA) is 203 Å². The van der Waals surface area contributed by atoms with Crippen LogP contribution in [0, 0.1) is 5.82 Å². The molecule has 0 spiro atoms. The molecule has 3 atom stereocenters. The molecule has 1 unspecified atom stereocenters. The Morgan fingerprint density at radius 3 is 2.46 bits per heavy atom. The molecule has 0 radical (unpaired) electrons. The number of halogens is 4. The van der Waals surface area contributed by atoms with E-state index in [1.807, 2.05) is 0 Å². The van der Waals surface area contributed by atoms with Gasteiger partial charge in [-0.05, 0) is 55.5 Å². The summed E-state index contributed by atoms with van der Waals surface area (Å²) in [7, 11) is 0. The van der Waals surface area contributed by atoms with Gasteiger partial charge in [-0.25, -0.2) is 14.4 Å². The van der Waals surface area contributed by atoms with Crippen LogP contribution in [0.5, 0.6) is 5.75 Å². The van der Waals surface area contributed by atoms with Gasteiger partial charge in [0.25, 0.3) is 5.91 Å². The van der Waals surface area contributed by atoms with E-state index in [1.165, 1.54) is 37.3 Å². The molecule has 2 aromatic carbocycles. The van der Waals surface area contributed by atoms with Gasteiger partial charge in [-0.2, -0.15) is 13.2 Å². The van der Waals surface area contributed by atoms with Gasteiger partial charge in [0.1, 0.15) is 35.3 Å². The lowest BCUT2D eigenvalue weighted by Crippen LogP contribution is -2.51. The van der Waals surface area contributed by atoms with Crippen LogP contribution >= 0.6 is 11.3 Å². The molecule has 0 saturated heterocycles. The number of thiazole rings is 1. The fourth-order valence-corrected chi connectivity index (χ4v) is 5.56. The number of fused-ring (bicyclic) bond motifs is 2. The molecule has 1 aliphatic heterocycles. The number of amides is 3. The summed E-state index contributed by atoms with van der Waals surface area (Å²) in [6, 6.07) is 8.27. The molecule has 0 saturated carbocycles. The average molecular weight is 663 g/mol. The highest BCUT2D eigenvalue weighted by Gasteiger charge is 2.57. The molecule has 17 heteroatoms. The first-order chi connectivity index (χ1) is 21.6. The highest BCUT2D eigenvalue weighted by molar-refractivity contribution is 7.22. The van der Waals surface area contributed by atoms with Crippen LogP contribution < -0.4 is 26.8 Å². The molecule has 3 amide bonds. The quantitative estimate of drug-likeness (QED) is 0.145. The zero-order valence-electron chi connectivity index (χ0n) is 23.8. The van der Waals surface area contributed by atoms with Crippen molar-refractivity contribution in [3.63, 3.8) is 0 Å². The Morgan fingerprint density at radius 1 is 1.13 bits per heavy atom. The number of ether oxygens (including phenoxy) is 1. The van der Waals surface area contributed by atoms with E-state index >= 15 is 0 Å². The number of anilines is 1. The number of aliphatic hydroxyl groups excluding tert-OH is 1. The van der Waals surface area contributed by atoms with Crippen molar-refractivity contribution < 1.29 is 46.9 Å². The van der Waals surface area contributed by atoms with Crippen LogP contribution in [-0.4, -0.2) is 69.9 Å². The second kappa shape index (κ2) is 11.9. The van der Waals surface area contributed by atoms with Crippen LogP contribution in [0.2, 0.25) is 0 Å². The highest BCUT2D eigenvalue weighted by Crippen LogP contribution is 2.47. The van der Waals surface area contributed by atoms with E-state index in [2.05, 4.69) is 20.6 Å². The lowest BCUT2D eigenvalue weighted by molar-refractivity contribution is -0.265. The number of alkyl halides is 3. The number of aromatic nitrogens is 2. The van der Waals surface area contributed by atoms with E-state index in [0.717, 1.165) is 29.5 Å². The number of aliphatic hydroxyl groups is 2. The molecule has 1 aliphatic rings. The first-order valence-electron chi connectivity index (χ1n) is 13.5. The number of primary amides is 1. The van der Waals surface area contributed by atoms with Gasteiger partial charge in [0.2, 0.25) is 17.4 Å². The van der Waals surface area contributed by atoms with Crippen molar-refractivity contribution in [2.24, 2.45) is 11.5 Å². The van der Waals surface area contributed by atoms with Crippen LogP contribution in [0.3, 0.4) is 0 Å². The van der Waals surface area contributed by atoms with E-state index in [4.69, 9.17) is 21.3 Å².